The lowest BCUT2D eigenvalue weighted by Gasteiger charge is -2.22. The first-order valence-electron chi connectivity index (χ1n) is 7.76. The lowest BCUT2D eigenvalue weighted by Crippen LogP contribution is -2.35. The molecule has 0 aliphatic carbocycles. The number of aryl methyl sites for hydroxylation is 1. The number of amides is 2. The van der Waals surface area contributed by atoms with Crippen LogP contribution in [0.15, 0.2) is 42.6 Å². The summed E-state index contributed by atoms with van der Waals surface area (Å²) in [5.74, 6) is -0.469. The smallest absolute Gasteiger partial charge is 0.234 e. The van der Waals surface area contributed by atoms with Gasteiger partial charge >= 0.3 is 0 Å². The summed E-state index contributed by atoms with van der Waals surface area (Å²) in [4.78, 5) is 30.2. The Bertz CT molecular complexity index is 728. The zero-order valence-corrected chi connectivity index (χ0v) is 13.1. The summed E-state index contributed by atoms with van der Waals surface area (Å²) in [5.41, 5.74) is 3.54. The van der Waals surface area contributed by atoms with Gasteiger partial charge in [0.05, 0.1) is 11.4 Å². The van der Waals surface area contributed by atoms with Gasteiger partial charge in [-0.15, -0.1) is 0 Å². The molecule has 0 spiro atoms. The number of rotatable bonds is 4. The maximum atomic E-state index is 12.6. The van der Waals surface area contributed by atoms with Gasteiger partial charge in [0.15, 0.2) is 0 Å². The van der Waals surface area contributed by atoms with Crippen LogP contribution in [0.2, 0.25) is 0 Å². The molecule has 2 heterocycles. The van der Waals surface area contributed by atoms with E-state index >= 15 is 0 Å². The second kappa shape index (κ2) is 6.60. The number of carbonyl (C=O) groups is 2. The Morgan fingerprint density at radius 1 is 1.22 bits per heavy atom. The van der Waals surface area contributed by atoms with Gasteiger partial charge in [0.25, 0.3) is 0 Å². The molecule has 1 aliphatic rings. The fourth-order valence-electron chi connectivity index (χ4n) is 2.88. The maximum Gasteiger partial charge on any atom is 0.234 e. The molecule has 1 aromatic carbocycles. The second-order valence-corrected chi connectivity index (χ2v) is 5.56. The minimum absolute atomic E-state index is 0.203. The molecule has 5 nitrogen and oxygen atoms in total. The predicted molar refractivity (Wildman–Crippen MR) is 89.4 cm³/mol. The van der Waals surface area contributed by atoms with Crippen molar-refractivity contribution >= 4 is 23.2 Å². The Labute approximate surface area is 135 Å². The SMILES string of the molecule is CC(=O)N(C(=O)CCc1ccccn1)c1cccc2c1NCC2. The molecule has 5 heteroatoms. The van der Waals surface area contributed by atoms with Gasteiger partial charge in [0.1, 0.15) is 0 Å². The first-order valence-corrected chi connectivity index (χ1v) is 7.76. The van der Waals surface area contributed by atoms with Crippen molar-refractivity contribution in [1.82, 2.24) is 4.98 Å². The van der Waals surface area contributed by atoms with E-state index in [4.69, 9.17) is 0 Å². The summed E-state index contributed by atoms with van der Waals surface area (Å²) < 4.78 is 0. The van der Waals surface area contributed by atoms with Crippen LogP contribution in [0.5, 0.6) is 0 Å². The third-order valence-electron chi connectivity index (χ3n) is 3.95. The van der Waals surface area contributed by atoms with E-state index in [0.717, 1.165) is 29.9 Å². The van der Waals surface area contributed by atoms with Crippen molar-refractivity contribution < 1.29 is 9.59 Å². The van der Waals surface area contributed by atoms with Gasteiger partial charge in [0.2, 0.25) is 11.8 Å². The Hall–Kier alpha value is -2.69. The molecule has 0 unspecified atom stereocenters. The van der Waals surface area contributed by atoms with Crippen LogP contribution in [0.3, 0.4) is 0 Å². The van der Waals surface area contributed by atoms with E-state index in [1.165, 1.54) is 11.8 Å². The standard InChI is InChI=1S/C18H19N3O2/c1-13(22)21(16-7-4-5-14-10-12-20-18(14)16)17(23)9-8-15-6-2-3-11-19-15/h2-7,11,20H,8-10,12H2,1H3. The van der Waals surface area contributed by atoms with Gasteiger partial charge in [-0.25, -0.2) is 4.90 Å². The number of nitrogens with zero attached hydrogens (tertiary/aromatic N) is 2. The van der Waals surface area contributed by atoms with E-state index in [1.54, 1.807) is 6.20 Å². The molecule has 0 saturated heterocycles. The summed E-state index contributed by atoms with van der Waals surface area (Å²) in [6.07, 6.45) is 3.39. The molecular weight excluding hydrogens is 290 g/mol. The van der Waals surface area contributed by atoms with Crippen molar-refractivity contribution in [3.8, 4) is 0 Å². The zero-order chi connectivity index (χ0) is 16.2. The molecule has 1 N–H and O–H groups in total. The van der Waals surface area contributed by atoms with Crippen LogP contribution >= 0.6 is 0 Å². The molecule has 0 radical (unpaired) electrons. The first-order chi connectivity index (χ1) is 11.2. The van der Waals surface area contributed by atoms with Crippen molar-refractivity contribution in [2.75, 3.05) is 16.8 Å². The third kappa shape index (κ3) is 3.23. The molecule has 118 valence electrons. The van der Waals surface area contributed by atoms with Gasteiger partial charge in [-0.1, -0.05) is 18.2 Å². The molecular formula is C18H19N3O2. The van der Waals surface area contributed by atoms with Crippen molar-refractivity contribution in [2.24, 2.45) is 0 Å². The van der Waals surface area contributed by atoms with Gasteiger partial charge in [-0.2, -0.15) is 0 Å². The predicted octanol–water partition coefficient (Wildman–Crippen LogP) is 2.56. The lowest BCUT2D eigenvalue weighted by atomic mass is 10.1. The highest BCUT2D eigenvalue weighted by Gasteiger charge is 2.25. The Balaban J connectivity index is 1.81. The molecule has 0 bridgehead atoms. The summed E-state index contributed by atoms with van der Waals surface area (Å²) in [5, 5.41) is 3.27. The molecule has 1 aliphatic heterocycles. The Morgan fingerprint density at radius 3 is 2.83 bits per heavy atom. The van der Waals surface area contributed by atoms with Crippen LogP contribution in [0, 0.1) is 0 Å². The largest absolute Gasteiger partial charge is 0.383 e. The maximum absolute atomic E-state index is 12.6. The molecule has 0 atom stereocenters. The molecule has 2 amide bonds. The van der Waals surface area contributed by atoms with Gasteiger partial charge < -0.3 is 5.32 Å². The number of anilines is 2. The van der Waals surface area contributed by atoms with E-state index in [0.29, 0.717) is 12.1 Å². The third-order valence-corrected chi connectivity index (χ3v) is 3.95. The average Bonchev–Trinajstić information content (AvgIpc) is 3.03. The number of imide groups is 1. The number of nitrogens with one attached hydrogen (secondary N) is 1. The van der Waals surface area contributed by atoms with Crippen LogP contribution in [0.4, 0.5) is 11.4 Å². The Kier molecular flexibility index (Phi) is 4.37. The molecule has 3 rings (SSSR count). The van der Waals surface area contributed by atoms with Crippen LogP contribution in [-0.4, -0.2) is 23.3 Å². The number of hydrogen-bond donors (Lipinski definition) is 1. The van der Waals surface area contributed by atoms with Crippen LogP contribution < -0.4 is 10.2 Å². The molecule has 2 aromatic rings. The minimum Gasteiger partial charge on any atom is -0.383 e. The van der Waals surface area contributed by atoms with Crippen LogP contribution in [-0.2, 0) is 22.4 Å². The van der Waals surface area contributed by atoms with Crippen LogP contribution in [0.25, 0.3) is 0 Å². The summed E-state index contributed by atoms with van der Waals surface area (Å²) in [6.45, 7) is 2.26. The van der Waals surface area contributed by atoms with Gasteiger partial charge in [0, 0.05) is 31.8 Å². The summed E-state index contributed by atoms with van der Waals surface area (Å²) in [6, 6.07) is 11.3. The number of hydrogen-bond acceptors (Lipinski definition) is 4. The number of carbonyl (C=O) groups excluding carboxylic acids is 2. The molecule has 1 aromatic heterocycles. The topological polar surface area (TPSA) is 62.3 Å². The lowest BCUT2D eigenvalue weighted by molar-refractivity contribution is -0.125. The molecule has 0 saturated carbocycles. The minimum atomic E-state index is -0.266. The normalized spacial score (nSPS) is 12.4. The average molecular weight is 309 g/mol. The summed E-state index contributed by atoms with van der Waals surface area (Å²) in [7, 11) is 0. The van der Waals surface area contributed by atoms with E-state index in [-0.39, 0.29) is 18.2 Å². The second-order valence-electron chi connectivity index (χ2n) is 5.56. The van der Waals surface area contributed by atoms with Crippen molar-refractivity contribution in [3.05, 3.63) is 53.9 Å². The van der Waals surface area contributed by atoms with Crippen molar-refractivity contribution in [3.63, 3.8) is 0 Å². The number of aromatic nitrogens is 1. The molecule has 23 heavy (non-hydrogen) atoms. The fraction of sp³-hybridized carbons (Fsp3) is 0.278. The van der Waals surface area contributed by atoms with Crippen LogP contribution in [0.1, 0.15) is 24.6 Å². The van der Waals surface area contributed by atoms with E-state index in [2.05, 4.69) is 10.3 Å². The van der Waals surface area contributed by atoms with Crippen molar-refractivity contribution in [2.45, 2.75) is 26.2 Å². The van der Waals surface area contributed by atoms with E-state index in [1.807, 2.05) is 36.4 Å². The monoisotopic (exact) mass is 309 g/mol. The number of benzene rings is 1. The highest BCUT2D eigenvalue weighted by atomic mass is 16.2. The van der Waals surface area contributed by atoms with Crippen molar-refractivity contribution in [1.29, 1.82) is 0 Å². The van der Waals surface area contributed by atoms with Gasteiger partial charge in [-0.05, 0) is 36.6 Å². The Morgan fingerprint density at radius 2 is 2.09 bits per heavy atom. The summed E-state index contributed by atoms with van der Waals surface area (Å²) >= 11 is 0. The van der Waals surface area contributed by atoms with E-state index < -0.39 is 0 Å². The van der Waals surface area contributed by atoms with Gasteiger partial charge in [-0.3, -0.25) is 14.6 Å². The highest BCUT2D eigenvalue weighted by Crippen LogP contribution is 2.33. The molecule has 0 fully saturated rings. The quantitative estimate of drug-likeness (QED) is 0.943. The first kappa shape index (κ1) is 15.2. The zero-order valence-electron chi connectivity index (χ0n) is 13.1. The van der Waals surface area contributed by atoms with E-state index in [9.17, 15) is 9.59 Å². The highest BCUT2D eigenvalue weighted by molar-refractivity contribution is 6.16. The fourth-order valence-corrected chi connectivity index (χ4v) is 2.88. The number of pyridine rings is 1. The number of para-hydroxylation sites is 1. The number of fused-ring (bicyclic) bond motifs is 1.